The molecule has 9 heteroatoms. The first-order valence-electron chi connectivity index (χ1n) is 7.15. The van der Waals surface area contributed by atoms with Gasteiger partial charge < -0.3 is 25.0 Å². The van der Waals surface area contributed by atoms with Gasteiger partial charge >= 0.3 is 18.2 Å². The van der Waals surface area contributed by atoms with Crippen LogP contribution in [0.4, 0.5) is 8.78 Å². The Hall–Kier alpha value is -3.10. The van der Waals surface area contributed by atoms with Crippen molar-refractivity contribution in [2.45, 2.75) is 26.1 Å². The first-order valence-corrected chi connectivity index (χ1v) is 7.15. The molecule has 0 radical (unpaired) electrons. The van der Waals surface area contributed by atoms with Gasteiger partial charge in [-0.05, 0) is 31.5 Å². The van der Waals surface area contributed by atoms with Crippen LogP contribution in [0.1, 0.15) is 25.3 Å². The third kappa shape index (κ3) is 2.77. The SMILES string of the molecule is CC1=C(C(=O)O)C(c2ccc3c(c2)OC(F)(F)O3)C(C(=O)O)=C(C)N1. The van der Waals surface area contributed by atoms with E-state index in [9.17, 15) is 28.6 Å². The number of carboxylic acid groups (broad SMARTS) is 2. The molecule has 132 valence electrons. The van der Waals surface area contributed by atoms with Gasteiger partial charge in [0.05, 0.1) is 17.1 Å². The van der Waals surface area contributed by atoms with Gasteiger partial charge in [-0.25, -0.2) is 9.59 Å². The maximum absolute atomic E-state index is 13.2. The topological polar surface area (TPSA) is 105 Å². The first kappa shape index (κ1) is 16.7. The van der Waals surface area contributed by atoms with E-state index in [1.54, 1.807) is 0 Å². The van der Waals surface area contributed by atoms with Crippen molar-refractivity contribution in [2.24, 2.45) is 0 Å². The van der Waals surface area contributed by atoms with Crippen LogP contribution in [0.2, 0.25) is 0 Å². The van der Waals surface area contributed by atoms with E-state index in [0.717, 1.165) is 0 Å². The fourth-order valence-corrected chi connectivity index (χ4v) is 3.04. The highest BCUT2D eigenvalue weighted by Crippen LogP contribution is 2.45. The van der Waals surface area contributed by atoms with E-state index < -0.39 is 24.2 Å². The van der Waals surface area contributed by atoms with Gasteiger partial charge in [-0.1, -0.05) is 6.07 Å². The second-order valence-electron chi connectivity index (χ2n) is 5.62. The molecule has 0 atom stereocenters. The predicted molar refractivity (Wildman–Crippen MR) is 79.2 cm³/mol. The van der Waals surface area contributed by atoms with Crippen LogP contribution in [0.15, 0.2) is 40.7 Å². The molecule has 0 amide bonds. The van der Waals surface area contributed by atoms with E-state index in [1.165, 1.54) is 32.0 Å². The highest BCUT2D eigenvalue weighted by Gasteiger charge is 2.44. The Kier molecular flexibility index (Phi) is 3.66. The zero-order valence-electron chi connectivity index (χ0n) is 13.1. The summed E-state index contributed by atoms with van der Waals surface area (Å²) in [6.07, 6.45) is -3.82. The molecule has 3 rings (SSSR count). The van der Waals surface area contributed by atoms with E-state index in [1.807, 2.05) is 0 Å². The summed E-state index contributed by atoms with van der Waals surface area (Å²) in [5, 5.41) is 21.8. The number of nitrogens with one attached hydrogen (secondary N) is 1. The van der Waals surface area contributed by atoms with E-state index in [4.69, 9.17) is 0 Å². The van der Waals surface area contributed by atoms with Crippen molar-refractivity contribution < 1.29 is 38.1 Å². The van der Waals surface area contributed by atoms with Crippen LogP contribution in [0.25, 0.3) is 0 Å². The molecular formula is C16H13F2NO6. The molecule has 2 aliphatic heterocycles. The number of hydrogen-bond donors (Lipinski definition) is 3. The molecule has 0 fully saturated rings. The van der Waals surface area contributed by atoms with Crippen molar-refractivity contribution in [2.75, 3.05) is 0 Å². The van der Waals surface area contributed by atoms with E-state index in [-0.39, 0.29) is 39.6 Å². The molecule has 25 heavy (non-hydrogen) atoms. The third-order valence-corrected chi connectivity index (χ3v) is 3.98. The van der Waals surface area contributed by atoms with Gasteiger partial charge in [0, 0.05) is 11.4 Å². The summed E-state index contributed by atoms with van der Waals surface area (Å²) in [7, 11) is 0. The van der Waals surface area contributed by atoms with Crippen LogP contribution in [0.3, 0.4) is 0 Å². The highest BCUT2D eigenvalue weighted by atomic mass is 19.3. The number of halogens is 2. The molecule has 0 aromatic heterocycles. The quantitative estimate of drug-likeness (QED) is 0.766. The molecule has 3 N–H and O–H groups in total. The van der Waals surface area contributed by atoms with Gasteiger partial charge in [0.15, 0.2) is 11.5 Å². The van der Waals surface area contributed by atoms with Crippen LogP contribution in [-0.2, 0) is 9.59 Å². The van der Waals surface area contributed by atoms with Gasteiger partial charge in [0.1, 0.15) is 0 Å². The minimum atomic E-state index is -3.82. The molecule has 0 saturated heterocycles. The summed E-state index contributed by atoms with van der Waals surface area (Å²) in [6.45, 7) is 3.00. The second kappa shape index (κ2) is 5.47. The Balaban J connectivity index is 2.16. The molecule has 7 nitrogen and oxygen atoms in total. The number of alkyl halides is 2. The number of carbonyl (C=O) groups is 2. The number of dihydropyridines is 1. The second-order valence-corrected chi connectivity index (χ2v) is 5.62. The van der Waals surface area contributed by atoms with Crippen LogP contribution in [0.5, 0.6) is 11.5 Å². The van der Waals surface area contributed by atoms with Gasteiger partial charge in [-0.15, -0.1) is 8.78 Å². The van der Waals surface area contributed by atoms with Crippen molar-refractivity contribution >= 4 is 11.9 Å². The van der Waals surface area contributed by atoms with Crippen molar-refractivity contribution in [3.8, 4) is 11.5 Å². The number of aliphatic carboxylic acids is 2. The van der Waals surface area contributed by atoms with Gasteiger partial charge in [-0.3, -0.25) is 0 Å². The fraction of sp³-hybridized carbons (Fsp3) is 0.250. The molecule has 0 spiro atoms. The summed E-state index contributed by atoms with van der Waals surface area (Å²) in [5.41, 5.74) is 0.350. The summed E-state index contributed by atoms with van der Waals surface area (Å²) < 4.78 is 35.0. The molecule has 0 aliphatic carbocycles. The molecule has 2 heterocycles. The van der Waals surface area contributed by atoms with Gasteiger partial charge in [0.2, 0.25) is 0 Å². The monoisotopic (exact) mass is 353 g/mol. The maximum atomic E-state index is 13.2. The lowest BCUT2D eigenvalue weighted by Crippen LogP contribution is -2.31. The lowest BCUT2D eigenvalue weighted by atomic mass is 9.80. The first-order chi connectivity index (χ1) is 11.6. The minimum absolute atomic E-state index is 0.186. The van der Waals surface area contributed by atoms with Gasteiger partial charge in [0.25, 0.3) is 0 Å². The Morgan fingerprint density at radius 1 is 1.04 bits per heavy atom. The summed E-state index contributed by atoms with van der Waals surface area (Å²) in [5.74, 6) is -4.28. The van der Waals surface area contributed by atoms with E-state index >= 15 is 0 Å². The van der Waals surface area contributed by atoms with Crippen molar-refractivity contribution in [1.82, 2.24) is 5.32 Å². The molecule has 1 aromatic rings. The number of ether oxygens (including phenoxy) is 2. The zero-order valence-corrected chi connectivity index (χ0v) is 13.1. The minimum Gasteiger partial charge on any atom is -0.478 e. The Labute approximate surface area is 140 Å². The number of hydrogen-bond acceptors (Lipinski definition) is 5. The standard InChI is InChI=1S/C16H13F2NO6/c1-6-11(14(20)21)13(12(15(22)23)7(2)19-6)8-3-4-9-10(5-8)25-16(17,18)24-9/h3-5,13,19H,1-2H3,(H,20,21)(H,22,23). The van der Waals surface area contributed by atoms with Gasteiger partial charge in [-0.2, -0.15) is 0 Å². The molecule has 1 aromatic carbocycles. The highest BCUT2D eigenvalue weighted by molar-refractivity contribution is 5.98. The average Bonchev–Trinajstić information content (AvgIpc) is 2.77. The Morgan fingerprint density at radius 3 is 2.08 bits per heavy atom. The van der Waals surface area contributed by atoms with Crippen LogP contribution < -0.4 is 14.8 Å². The largest absolute Gasteiger partial charge is 0.586 e. The molecular weight excluding hydrogens is 340 g/mol. The molecule has 0 saturated carbocycles. The number of rotatable bonds is 3. The number of allylic oxidation sites excluding steroid dienone is 2. The van der Waals surface area contributed by atoms with Crippen molar-refractivity contribution in [3.63, 3.8) is 0 Å². The number of carboxylic acids is 2. The number of benzene rings is 1. The van der Waals surface area contributed by atoms with Crippen LogP contribution >= 0.6 is 0 Å². The summed E-state index contributed by atoms with van der Waals surface area (Å²) in [6, 6.07) is 3.70. The Bertz CT molecular complexity index is 822. The Morgan fingerprint density at radius 2 is 1.56 bits per heavy atom. The van der Waals surface area contributed by atoms with Crippen LogP contribution in [0, 0.1) is 0 Å². The van der Waals surface area contributed by atoms with Crippen molar-refractivity contribution in [3.05, 3.63) is 46.3 Å². The predicted octanol–water partition coefficient (Wildman–Crippen LogP) is 2.41. The molecule has 0 unspecified atom stereocenters. The number of fused-ring (bicyclic) bond motifs is 1. The van der Waals surface area contributed by atoms with Crippen molar-refractivity contribution in [1.29, 1.82) is 0 Å². The molecule has 0 bridgehead atoms. The average molecular weight is 353 g/mol. The third-order valence-electron chi connectivity index (χ3n) is 3.98. The van der Waals surface area contributed by atoms with E-state index in [0.29, 0.717) is 0 Å². The normalized spacial score (nSPS) is 19.0. The summed E-state index contributed by atoms with van der Waals surface area (Å²) in [4.78, 5) is 23.3. The smallest absolute Gasteiger partial charge is 0.478 e. The zero-order chi connectivity index (χ0) is 18.5. The van der Waals surface area contributed by atoms with Crippen LogP contribution in [-0.4, -0.2) is 28.4 Å². The lowest BCUT2D eigenvalue weighted by Gasteiger charge is -2.28. The lowest BCUT2D eigenvalue weighted by molar-refractivity contribution is -0.286. The maximum Gasteiger partial charge on any atom is 0.586 e. The fourth-order valence-electron chi connectivity index (χ4n) is 3.04. The molecule has 2 aliphatic rings. The summed E-state index contributed by atoms with van der Waals surface area (Å²) >= 11 is 0. The van der Waals surface area contributed by atoms with E-state index in [2.05, 4.69) is 14.8 Å².